The average molecular weight is 369 g/mol. The van der Waals surface area contributed by atoms with E-state index < -0.39 is 5.66 Å². The largest absolute Gasteiger partial charge is 0.350 e. The molecular weight excluding hydrogens is 350 g/mol. The highest BCUT2D eigenvalue weighted by atomic mass is 16.2. The number of anilines is 2. The Morgan fingerprint density at radius 2 is 1.61 bits per heavy atom. The van der Waals surface area contributed by atoms with E-state index >= 15 is 0 Å². The minimum atomic E-state index is -1.29. The van der Waals surface area contributed by atoms with Gasteiger partial charge >= 0.3 is 0 Å². The SMILES string of the molecule is Cc1cccc2c1N(Cc1ccccc1)C(=O)[C@]21NC(=O)c2ccccc2N1. The second-order valence-electron chi connectivity index (χ2n) is 7.22. The third-order valence-electron chi connectivity index (χ3n) is 5.46. The van der Waals surface area contributed by atoms with E-state index in [1.54, 1.807) is 11.0 Å². The Labute approximate surface area is 163 Å². The molecule has 0 unspecified atom stereocenters. The molecule has 2 aliphatic rings. The van der Waals surface area contributed by atoms with Gasteiger partial charge in [0.15, 0.2) is 0 Å². The molecule has 5 rings (SSSR count). The van der Waals surface area contributed by atoms with E-state index in [1.165, 1.54) is 0 Å². The molecule has 2 heterocycles. The van der Waals surface area contributed by atoms with Gasteiger partial charge in [0.2, 0.25) is 5.66 Å². The van der Waals surface area contributed by atoms with E-state index in [9.17, 15) is 9.59 Å². The first kappa shape index (κ1) is 16.6. The van der Waals surface area contributed by atoms with Crippen molar-refractivity contribution in [2.24, 2.45) is 0 Å². The minimum absolute atomic E-state index is 0.177. The minimum Gasteiger partial charge on any atom is -0.350 e. The summed E-state index contributed by atoms with van der Waals surface area (Å²) < 4.78 is 0. The Balaban J connectivity index is 1.66. The van der Waals surface area contributed by atoms with Gasteiger partial charge in [0.1, 0.15) is 0 Å². The van der Waals surface area contributed by atoms with Gasteiger partial charge in [0, 0.05) is 11.3 Å². The molecule has 3 aromatic rings. The topological polar surface area (TPSA) is 61.4 Å². The molecule has 1 atom stereocenters. The van der Waals surface area contributed by atoms with Gasteiger partial charge in [-0.2, -0.15) is 0 Å². The third kappa shape index (κ3) is 2.26. The highest BCUT2D eigenvalue weighted by Gasteiger charge is 2.54. The summed E-state index contributed by atoms with van der Waals surface area (Å²) in [6.45, 7) is 2.43. The quantitative estimate of drug-likeness (QED) is 0.726. The number of carbonyl (C=O) groups excluding carboxylic acids is 2. The molecule has 138 valence electrons. The normalized spacial score (nSPS) is 19.8. The number of para-hydroxylation sites is 2. The summed E-state index contributed by atoms with van der Waals surface area (Å²) in [6.07, 6.45) is 0. The summed E-state index contributed by atoms with van der Waals surface area (Å²) in [5.74, 6) is -0.430. The maximum Gasteiger partial charge on any atom is 0.278 e. The van der Waals surface area contributed by atoms with Crippen LogP contribution in [-0.4, -0.2) is 11.8 Å². The first-order valence-electron chi connectivity index (χ1n) is 9.26. The van der Waals surface area contributed by atoms with Crippen molar-refractivity contribution in [2.75, 3.05) is 10.2 Å². The van der Waals surface area contributed by atoms with Gasteiger partial charge in [-0.1, -0.05) is 60.7 Å². The second-order valence-corrected chi connectivity index (χ2v) is 7.22. The van der Waals surface area contributed by atoms with Crippen molar-refractivity contribution in [3.05, 3.63) is 95.1 Å². The molecule has 0 saturated carbocycles. The summed E-state index contributed by atoms with van der Waals surface area (Å²) in [7, 11) is 0. The lowest BCUT2D eigenvalue weighted by atomic mass is 9.94. The van der Waals surface area contributed by atoms with Crippen molar-refractivity contribution >= 4 is 23.2 Å². The Hall–Kier alpha value is -3.60. The molecule has 2 aliphatic heterocycles. The van der Waals surface area contributed by atoms with E-state index in [2.05, 4.69) is 10.6 Å². The number of rotatable bonds is 2. The van der Waals surface area contributed by atoms with Gasteiger partial charge in [0.05, 0.1) is 17.8 Å². The zero-order chi connectivity index (χ0) is 19.3. The second kappa shape index (κ2) is 5.96. The number of benzene rings is 3. The van der Waals surface area contributed by atoms with Crippen LogP contribution < -0.4 is 15.5 Å². The number of carbonyl (C=O) groups is 2. The predicted octanol–water partition coefficient (Wildman–Crippen LogP) is 3.55. The summed E-state index contributed by atoms with van der Waals surface area (Å²) in [6, 6.07) is 22.9. The molecule has 1 spiro atoms. The smallest absolute Gasteiger partial charge is 0.278 e. The molecule has 0 aromatic heterocycles. The Bertz CT molecular complexity index is 1110. The number of hydrogen-bond donors (Lipinski definition) is 2. The van der Waals surface area contributed by atoms with Crippen molar-refractivity contribution in [3.63, 3.8) is 0 Å². The Morgan fingerprint density at radius 1 is 0.857 bits per heavy atom. The van der Waals surface area contributed by atoms with E-state index in [-0.39, 0.29) is 11.8 Å². The fourth-order valence-corrected chi connectivity index (χ4v) is 4.16. The summed E-state index contributed by atoms with van der Waals surface area (Å²) in [5, 5.41) is 6.28. The predicted molar refractivity (Wildman–Crippen MR) is 108 cm³/mol. The molecule has 5 heteroatoms. The number of hydrogen-bond acceptors (Lipinski definition) is 3. The Kier molecular flexibility index (Phi) is 3.52. The van der Waals surface area contributed by atoms with Crippen LogP contribution in [0.2, 0.25) is 0 Å². The lowest BCUT2D eigenvalue weighted by Gasteiger charge is -2.36. The number of aryl methyl sites for hydroxylation is 1. The van der Waals surface area contributed by atoms with Crippen molar-refractivity contribution in [3.8, 4) is 0 Å². The third-order valence-corrected chi connectivity index (χ3v) is 5.46. The fourth-order valence-electron chi connectivity index (χ4n) is 4.16. The number of amides is 2. The van der Waals surface area contributed by atoms with Crippen LogP contribution in [0.25, 0.3) is 0 Å². The van der Waals surface area contributed by atoms with Crippen LogP contribution in [0.15, 0.2) is 72.8 Å². The lowest BCUT2D eigenvalue weighted by molar-refractivity contribution is -0.123. The van der Waals surface area contributed by atoms with Gasteiger partial charge in [0.25, 0.3) is 11.8 Å². The van der Waals surface area contributed by atoms with Gasteiger partial charge in [-0.25, -0.2) is 0 Å². The van der Waals surface area contributed by atoms with Crippen molar-refractivity contribution in [1.82, 2.24) is 5.32 Å². The van der Waals surface area contributed by atoms with Gasteiger partial charge in [-0.15, -0.1) is 0 Å². The fraction of sp³-hybridized carbons (Fsp3) is 0.130. The maximum absolute atomic E-state index is 13.7. The zero-order valence-electron chi connectivity index (χ0n) is 15.4. The first-order chi connectivity index (χ1) is 13.6. The van der Waals surface area contributed by atoms with E-state index in [4.69, 9.17) is 0 Å². The van der Waals surface area contributed by atoms with Crippen molar-refractivity contribution in [2.45, 2.75) is 19.1 Å². The van der Waals surface area contributed by atoms with Gasteiger partial charge in [-0.3, -0.25) is 9.59 Å². The number of nitrogens with one attached hydrogen (secondary N) is 2. The molecule has 0 aliphatic carbocycles. The van der Waals surface area contributed by atoms with E-state index in [1.807, 2.05) is 73.7 Å². The molecule has 3 aromatic carbocycles. The Morgan fingerprint density at radius 3 is 2.43 bits per heavy atom. The molecule has 5 nitrogen and oxygen atoms in total. The molecule has 0 fully saturated rings. The maximum atomic E-state index is 13.7. The van der Waals surface area contributed by atoms with Gasteiger partial charge in [-0.05, 0) is 30.2 Å². The van der Waals surface area contributed by atoms with Crippen LogP contribution >= 0.6 is 0 Å². The molecule has 0 radical (unpaired) electrons. The van der Waals surface area contributed by atoms with Crippen LogP contribution in [0.4, 0.5) is 11.4 Å². The van der Waals surface area contributed by atoms with Crippen LogP contribution in [0.1, 0.15) is 27.0 Å². The highest BCUT2D eigenvalue weighted by molar-refractivity contribution is 6.15. The van der Waals surface area contributed by atoms with Crippen molar-refractivity contribution in [1.29, 1.82) is 0 Å². The molecule has 2 amide bonds. The van der Waals surface area contributed by atoms with Crippen LogP contribution in [0.5, 0.6) is 0 Å². The summed E-state index contributed by atoms with van der Waals surface area (Å²) >= 11 is 0. The number of nitrogens with zero attached hydrogens (tertiary/aromatic N) is 1. The van der Waals surface area contributed by atoms with E-state index in [0.717, 1.165) is 22.4 Å². The molecule has 28 heavy (non-hydrogen) atoms. The molecule has 0 bridgehead atoms. The summed E-state index contributed by atoms with van der Waals surface area (Å²) in [4.78, 5) is 28.3. The first-order valence-corrected chi connectivity index (χ1v) is 9.26. The van der Waals surface area contributed by atoms with Gasteiger partial charge < -0.3 is 15.5 Å². The average Bonchev–Trinajstić information content (AvgIpc) is 2.92. The zero-order valence-corrected chi connectivity index (χ0v) is 15.4. The highest BCUT2D eigenvalue weighted by Crippen LogP contribution is 2.45. The van der Waals surface area contributed by atoms with E-state index in [0.29, 0.717) is 17.8 Å². The number of fused-ring (bicyclic) bond motifs is 3. The lowest BCUT2D eigenvalue weighted by Crippen LogP contribution is -2.60. The molecule has 0 saturated heterocycles. The van der Waals surface area contributed by atoms with Crippen LogP contribution in [0, 0.1) is 6.92 Å². The van der Waals surface area contributed by atoms with Crippen LogP contribution in [-0.2, 0) is 17.0 Å². The van der Waals surface area contributed by atoms with Crippen molar-refractivity contribution < 1.29 is 9.59 Å². The monoisotopic (exact) mass is 369 g/mol. The standard InChI is InChI=1S/C23H19N3O2/c1-15-8-7-12-18-20(15)26(14-16-9-3-2-4-10-16)22(28)23(18)24-19-13-6-5-11-17(19)21(27)25-23/h2-13,24H,14H2,1H3,(H,25,27)/t23-/m1/s1. The molecule has 2 N–H and O–H groups in total. The summed E-state index contributed by atoms with van der Waals surface area (Å²) in [5.41, 5.74) is 3.56. The molecular formula is C23H19N3O2. The van der Waals surface area contributed by atoms with Crippen LogP contribution in [0.3, 0.4) is 0 Å².